The number of anilines is 1. The van der Waals surface area contributed by atoms with E-state index in [1.54, 1.807) is 6.26 Å². The van der Waals surface area contributed by atoms with E-state index in [1.807, 2.05) is 23.6 Å². The highest BCUT2D eigenvalue weighted by Gasteiger charge is 2.14. The average molecular weight is 265 g/mol. The summed E-state index contributed by atoms with van der Waals surface area (Å²) < 4.78 is 13.2. The Bertz CT molecular complexity index is 591. The zero-order valence-electron chi connectivity index (χ0n) is 11.0. The van der Waals surface area contributed by atoms with Crippen LogP contribution in [-0.4, -0.2) is 25.8 Å². The molecule has 2 atom stereocenters. The van der Waals surface area contributed by atoms with Crippen molar-refractivity contribution in [3.63, 3.8) is 0 Å². The molecule has 1 aromatic carbocycles. The van der Waals surface area contributed by atoms with Crippen molar-refractivity contribution >= 4 is 27.8 Å². The molecule has 0 aliphatic carbocycles. The lowest BCUT2D eigenvalue weighted by atomic mass is 10.2. The van der Waals surface area contributed by atoms with Gasteiger partial charge in [0.05, 0.1) is 11.0 Å². The number of nitrogens with two attached hydrogens (primary N) is 1. The molecule has 0 aliphatic rings. The molecule has 0 saturated heterocycles. The van der Waals surface area contributed by atoms with E-state index < -0.39 is 10.8 Å². The van der Waals surface area contributed by atoms with E-state index in [9.17, 15) is 4.21 Å². The van der Waals surface area contributed by atoms with Crippen LogP contribution in [0.1, 0.15) is 24.9 Å². The fourth-order valence-corrected chi connectivity index (χ4v) is 2.83. The molecule has 1 heterocycles. The van der Waals surface area contributed by atoms with Gasteiger partial charge in [-0.2, -0.15) is 0 Å². The number of benzene rings is 1. The third kappa shape index (κ3) is 2.56. The van der Waals surface area contributed by atoms with Crippen LogP contribution in [0.25, 0.3) is 11.0 Å². The highest BCUT2D eigenvalue weighted by atomic mass is 32.2. The maximum absolute atomic E-state index is 11.2. The van der Waals surface area contributed by atoms with Crippen LogP contribution in [0, 0.1) is 6.92 Å². The maximum atomic E-state index is 11.2. The quantitative estimate of drug-likeness (QED) is 0.922. The van der Waals surface area contributed by atoms with Crippen LogP contribution in [0.2, 0.25) is 0 Å². The Morgan fingerprint density at radius 1 is 1.50 bits per heavy atom. The molecule has 0 bridgehead atoms. The number of aryl methyl sites for hydroxylation is 1. The fraction of sp³-hybridized carbons (Fsp3) is 0.462. The third-order valence-corrected chi connectivity index (χ3v) is 3.95. The van der Waals surface area contributed by atoms with E-state index in [-0.39, 0.29) is 6.04 Å². The van der Waals surface area contributed by atoms with Crippen LogP contribution in [0.15, 0.2) is 18.2 Å². The Morgan fingerprint density at radius 3 is 2.89 bits per heavy atom. The van der Waals surface area contributed by atoms with Gasteiger partial charge in [0.25, 0.3) is 0 Å². The first-order valence-corrected chi connectivity index (χ1v) is 7.76. The SMILES string of the molecule is Cc1ccc2c(c1)nc(N)n2C(C)CCS(C)=O. The minimum absolute atomic E-state index is 0.210. The van der Waals surface area contributed by atoms with Gasteiger partial charge in [-0.15, -0.1) is 0 Å². The number of nitrogens with zero attached hydrogens (tertiary/aromatic N) is 2. The van der Waals surface area contributed by atoms with E-state index in [2.05, 4.69) is 18.0 Å². The van der Waals surface area contributed by atoms with Gasteiger partial charge in [-0.1, -0.05) is 6.07 Å². The summed E-state index contributed by atoms with van der Waals surface area (Å²) in [6, 6.07) is 6.35. The lowest BCUT2D eigenvalue weighted by molar-refractivity contribution is 0.552. The first-order chi connectivity index (χ1) is 8.49. The van der Waals surface area contributed by atoms with Crippen LogP contribution in [0.4, 0.5) is 5.95 Å². The van der Waals surface area contributed by atoms with E-state index in [4.69, 9.17) is 5.73 Å². The van der Waals surface area contributed by atoms with Crippen LogP contribution < -0.4 is 5.73 Å². The van der Waals surface area contributed by atoms with E-state index in [0.717, 1.165) is 17.5 Å². The van der Waals surface area contributed by atoms with Gasteiger partial charge in [0.2, 0.25) is 5.95 Å². The molecule has 2 unspecified atom stereocenters. The minimum atomic E-state index is -0.766. The lowest BCUT2D eigenvalue weighted by Crippen LogP contribution is -2.11. The second-order valence-corrected chi connectivity index (χ2v) is 6.30. The molecule has 4 nitrogen and oxygen atoms in total. The predicted octanol–water partition coefficient (Wildman–Crippen LogP) is 2.26. The summed E-state index contributed by atoms with van der Waals surface area (Å²) in [5.41, 5.74) is 9.14. The molecular formula is C13H19N3OS. The molecular weight excluding hydrogens is 246 g/mol. The molecule has 5 heteroatoms. The molecule has 0 spiro atoms. The summed E-state index contributed by atoms with van der Waals surface area (Å²) in [5, 5.41) is 0. The van der Waals surface area contributed by atoms with E-state index in [1.165, 1.54) is 5.56 Å². The van der Waals surface area contributed by atoms with Gasteiger partial charge in [-0.25, -0.2) is 4.98 Å². The van der Waals surface area contributed by atoms with Gasteiger partial charge in [-0.3, -0.25) is 4.21 Å². The normalized spacial score (nSPS) is 14.8. The molecule has 0 amide bonds. The maximum Gasteiger partial charge on any atom is 0.201 e. The van der Waals surface area contributed by atoms with Gasteiger partial charge in [0, 0.05) is 28.9 Å². The van der Waals surface area contributed by atoms with Crippen molar-refractivity contribution in [2.24, 2.45) is 0 Å². The highest BCUT2D eigenvalue weighted by molar-refractivity contribution is 7.84. The summed E-state index contributed by atoms with van der Waals surface area (Å²) in [6.45, 7) is 4.13. The molecule has 2 aromatic rings. The second kappa shape index (κ2) is 5.10. The Kier molecular flexibility index (Phi) is 3.71. The zero-order chi connectivity index (χ0) is 13.3. The average Bonchev–Trinajstić information content (AvgIpc) is 2.61. The number of hydrogen-bond acceptors (Lipinski definition) is 3. The van der Waals surface area contributed by atoms with Crippen molar-refractivity contribution in [3.05, 3.63) is 23.8 Å². The van der Waals surface area contributed by atoms with Crippen molar-refractivity contribution in [1.82, 2.24) is 9.55 Å². The van der Waals surface area contributed by atoms with Crippen LogP contribution in [0.5, 0.6) is 0 Å². The Morgan fingerprint density at radius 2 is 2.22 bits per heavy atom. The molecule has 2 N–H and O–H groups in total. The third-order valence-electron chi connectivity index (χ3n) is 3.14. The molecule has 0 saturated carbocycles. The summed E-state index contributed by atoms with van der Waals surface area (Å²) >= 11 is 0. The van der Waals surface area contributed by atoms with Gasteiger partial charge in [-0.05, 0) is 38.0 Å². The zero-order valence-corrected chi connectivity index (χ0v) is 11.8. The molecule has 2 rings (SSSR count). The molecule has 98 valence electrons. The summed E-state index contributed by atoms with van der Waals surface area (Å²) in [4.78, 5) is 4.39. The van der Waals surface area contributed by atoms with Crippen LogP contribution in [0.3, 0.4) is 0 Å². The summed E-state index contributed by atoms with van der Waals surface area (Å²) in [6.07, 6.45) is 2.57. The highest BCUT2D eigenvalue weighted by Crippen LogP contribution is 2.25. The molecule has 18 heavy (non-hydrogen) atoms. The first-order valence-electron chi connectivity index (χ1n) is 6.03. The van der Waals surface area contributed by atoms with Crippen molar-refractivity contribution in [2.75, 3.05) is 17.7 Å². The number of aromatic nitrogens is 2. The lowest BCUT2D eigenvalue weighted by Gasteiger charge is -2.15. The standard InChI is InChI=1S/C13H19N3OS/c1-9-4-5-12-11(8-9)15-13(14)16(12)10(2)6-7-18(3)17/h4-5,8,10H,6-7H2,1-3H3,(H2,14,15). The number of fused-ring (bicyclic) bond motifs is 1. The predicted molar refractivity (Wildman–Crippen MR) is 77.1 cm³/mol. The second-order valence-electron chi connectivity index (χ2n) is 4.75. The largest absolute Gasteiger partial charge is 0.369 e. The molecule has 0 fully saturated rings. The Hall–Kier alpha value is -1.36. The number of hydrogen-bond donors (Lipinski definition) is 1. The van der Waals surface area contributed by atoms with Gasteiger partial charge in [0.1, 0.15) is 0 Å². The molecule has 1 aromatic heterocycles. The van der Waals surface area contributed by atoms with Gasteiger partial charge >= 0.3 is 0 Å². The van der Waals surface area contributed by atoms with Crippen molar-refractivity contribution < 1.29 is 4.21 Å². The minimum Gasteiger partial charge on any atom is -0.369 e. The Labute approximate surface area is 110 Å². The smallest absolute Gasteiger partial charge is 0.201 e. The summed E-state index contributed by atoms with van der Waals surface area (Å²) in [7, 11) is -0.766. The topological polar surface area (TPSA) is 60.9 Å². The van der Waals surface area contributed by atoms with Crippen molar-refractivity contribution in [3.8, 4) is 0 Å². The Balaban J connectivity index is 2.37. The number of rotatable bonds is 4. The molecule has 0 aliphatic heterocycles. The number of imidazole rings is 1. The van der Waals surface area contributed by atoms with Crippen molar-refractivity contribution in [2.45, 2.75) is 26.3 Å². The summed E-state index contributed by atoms with van der Waals surface area (Å²) in [5.74, 6) is 1.22. The monoisotopic (exact) mass is 265 g/mol. The van der Waals surface area contributed by atoms with E-state index in [0.29, 0.717) is 11.7 Å². The first kappa shape index (κ1) is 13.1. The fourth-order valence-electron chi connectivity index (χ4n) is 2.16. The molecule has 0 radical (unpaired) electrons. The van der Waals surface area contributed by atoms with Gasteiger partial charge < -0.3 is 10.3 Å². The number of nitrogen functional groups attached to an aromatic ring is 1. The van der Waals surface area contributed by atoms with E-state index >= 15 is 0 Å². The van der Waals surface area contributed by atoms with Crippen molar-refractivity contribution in [1.29, 1.82) is 0 Å². The van der Waals surface area contributed by atoms with Crippen LogP contribution in [-0.2, 0) is 10.8 Å². The van der Waals surface area contributed by atoms with Gasteiger partial charge in [0.15, 0.2) is 0 Å². The van der Waals surface area contributed by atoms with Crippen LogP contribution >= 0.6 is 0 Å².